The average molecular weight is 408 g/mol. The standard InChI is InChI=1S/C20H22FNO3S2/c1-24-18-12-15(20-26-10-11-27-20)4-7-17(18)25-13-19(23)22-9-8-14-2-5-16(21)6-3-14/h2-7,12,20H,8-11,13H2,1H3,(H,22,23). The van der Waals surface area contributed by atoms with E-state index >= 15 is 0 Å². The predicted molar refractivity (Wildman–Crippen MR) is 109 cm³/mol. The van der Waals surface area contributed by atoms with Crippen molar-refractivity contribution in [3.63, 3.8) is 0 Å². The highest BCUT2D eigenvalue weighted by molar-refractivity contribution is 8.19. The van der Waals surface area contributed by atoms with E-state index in [2.05, 4.69) is 5.32 Å². The van der Waals surface area contributed by atoms with Gasteiger partial charge in [-0.3, -0.25) is 4.79 Å². The first-order valence-electron chi connectivity index (χ1n) is 8.71. The zero-order valence-electron chi connectivity index (χ0n) is 15.1. The van der Waals surface area contributed by atoms with Crippen molar-refractivity contribution in [3.8, 4) is 11.5 Å². The van der Waals surface area contributed by atoms with Crippen LogP contribution in [0, 0.1) is 5.82 Å². The molecule has 0 unspecified atom stereocenters. The van der Waals surface area contributed by atoms with E-state index in [-0.39, 0.29) is 18.3 Å². The molecule has 0 aliphatic carbocycles. The number of carbonyl (C=O) groups is 1. The van der Waals surface area contributed by atoms with Crippen LogP contribution in [0.2, 0.25) is 0 Å². The third-order valence-corrected chi connectivity index (χ3v) is 7.19. The number of hydrogen-bond donors (Lipinski definition) is 1. The van der Waals surface area contributed by atoms with Gasteiger partial charge in [0.05, 0.1) is 11.7 Å². The molecule has 1 amide bonds. The molecule has 0 bridgehead atoms. The number of methoxy groups -OCH3 is 1. The summed E-state index contributed by atoms with van der Waals surface area (Å²) in [7, 11) is 1.60. The van der Waals surface area contributed by atoms with Crippen molar-refractivity contribution >= 4 is 29.4 Å². The third kappa shape index (κ3) is 5.81. The van der Waals surface area contributed by atoms with Crippen LogP contribution in [0.5, 0.6) is 11.5 Å². The van der Waals surface area contributed by atoms with Crippen LogP contribution in [-0.2, 0) is 11.2 Å². The largest absolute Gasteiger partial charge is 0.493 e. The highest BCUT2D eigenvalue weighted by atomic mass is 32.2. The Labute approximate surface area is 167 Å². The lowest BCUT2D eigenvalue weighted by Crippen LogP contribution is -2.30. The number of carbonyl (C=O) groups excluding carboxylic acids is 1. The van der Waals surface area contributed by atoms with Gasteiger partial charge in [0, 0.05) is 18.1 Å². The number of ether oxygens (including phenoxy) is 2. The molecule has 1 aliphatic heterocycles. The summed E-state index contributed by atoms with van der Waals surface area (Å²) >= 11 is 3.86. The minimum atomic E-state index is -0.263. The molecule has 4 nitrogen and oxygen atoms in total. The van der Waals surface area contributed by atoms with E-state index in [9.17, 15) is 9.18 Å². The molecule has 27 heavy (non-hydrogen) atoms. The Bertz CT molecular complexity index is 764. The summed E-state index contributed by atoms with van der Waals surface area (Å²) < 4.78 is 24.4. The first-order chi connectivity index (χ1) is 13.2. The van der Waals surface area contributed by atoms with Crippen LogP contribution >= 0.6 is 23.5 Å². The van der Waals surface area contributed by atoms with Crippen molar-refractivity contribution in [2.75, 3.05) is 31.8 Å². The van der Waals surface area contributed by atoms with E-state index < -0.39 is 0 Å². The van der Waals surface area contributed by atoms with Crippen molar-refractivity contribution in [3.05, 3.63) is 59.4 Å². The monoisotopic (exact) mass is 407 g/mol. The molecule has 3 rings (SSSR count). The quantitative estimate of drug-likeness (QED) is 0.715. The van der Waals surface area contributed by atoms with E-state index in [1.807, 2.05) is 41.7 Å². The van der Waals surface area contributed by atoms with Crippen molar-refractivity contribution in [2.45, 2.75) is 11.0 Å². The lowest BCUT2D eigenvalue weighted by molar-refractivity contribution is -0.123. The molecule has 7 heteroatoms. The van der Waals surface area contributed by atoms with E-state index in [0.717, 1.165) is 17.1 Å². The van der Waals surface area contributed by atoms with Crippen LogP contribution < -0.4 is 14.8 Å². The van der Waals surface area contributed by atoms with Gasteiger partial charge in [-0.2, -0.15) is 0 Å². The Morgan fingerprint density at radius 2 is 1.89 bits per heavy atom. The molecule has 0 radical (unpaired) electrons. The Morgan fingerprint density at radius 3 is 2.59 bits per heavy atom. The lowest BCUT2D eigenvalue weighted by Gasteiger charge is -2.14. The molecule has 2 aromatic carbocycles. The number of halogens is 1. The average Bonchev–Trinajstić information content (AvgIpc) is 3.22. The van der Waals surface area contributed by atoms with E-state index in [4.69, 9.17) is 9.47 Å². The smallest absolute Gasteiger partial charge is 0.257 e. The highest BCUT2D eigenvalue weighted by Crippen LogP contribution is 2.46. The lowest BCUT2D eigenvalue weighted by atomic mass is 10.1. The SMILES string of the molecule is COc1cc(C2SCCS2)ccc1OCC(=O)NCCc1ccc(F)cc1. The van der Waals surface area contributed by atoms with Gasteiger partial charge in [0.15, 0.2) is 18.1 Å². The Balaban J connectivity index is 1.47. The molecular formula is C20H22FNO3S2. The van der Waals surface area contributed by atoms with Crippen molar-refractivity contribution in [1.29, 1.82) is 0 Å². The Kier molecular flexibility index (Phi) is 7.29. The predicted octanol–water partition coefficient (Wildman–Crippen LogP) is 4.05. The molecule has 1 saturated heterocycles. The van der Waals surface area contributed by atoms with Gasteiger partial charge in [-0.05, 0) is 41.8 Å². The van der Waals surface area contributed by atoms with Gasteiger partial charge >= 0.3 is 0 Å². The van der Waals surface area contributed by atoms with Crippen LogP contribution in [0.4, 0.5) is 4.39 Å². The minimum absolute atomic E-state index is 0.0773. The second kappa shape index (κ2) is 9.90. The Hall–Kier alpha value is -1.86. The normalized spacial score (nSPS) is 14.1. The molecular weight excluding hydrogens is 385 g/mol. The van der Waals surface area contributed by atoms with Crippen molar-refractivity contribution in [2.24, 2.45) is 0 Å². The molecule has 0 spiro atoms. The summed E-state index contributed by atoms with van der Waals surface area (Å²) in [5.74, 6) is 3.05. The summed E-state index contributed by atoms with van der Waals surface area (Å²) in [5, 5.41) is 2.80. The molecule has 2 aromatic rings. The van der Waals surface area contributed by atoms with E-state index in [1.54, 1.807) is 19.2 Å². The van der Waals surface area contributed by atoms with Crippen molar-refractivity contribution < 1.29 is 18.7 Å². The molecule has 144 valence electrons. The van der Waals surface area contributed by atoms with E-state index in [0.29, 0.717) is 29.0 Å². The molecule has 1 fully saturated rings. The van der Waals surface area contributed by atoms with E-state index in [1.165, 1.54) is 17.7 Å². The van der Waals surface area contributed by atoms with Gasteiger partial charge < -0.3 is 14.8 Å². The van der Waals surface area contributed by atoms with Crippen molar-refractivity contribution in [1.82, 2.24) is 5.32 Å². The van der Waals surface area contributed by atoms with Crippen LogP contribution in [0.15, 0.2) is 42.5 Å². The summed E-state index contributed by atoms with van der Waals surface area (Å²) in [5.41, 5.74) is 2.17. The fourth-order valence-electron chi connectivity index (χ4n) is 2.69. The second-order valence-corrected chi connectivity index (χ2v) is 8.72. The number of nitrogens with one attached hydrogen (secondary N) is 1. The molecule has 1 aliphatic rings. The molecule has 1 N–H and O–H groups in total. The zero-order valence-corrected chi connectivity index (χ0v) is 16.7. The topological polar surface area (TPSA) is 47.6 Å². The number of amides is 1. The number of rotatable bonds is 8. The first kappa shape index (κ1) is 19.9. The first-order valence-corrected chi connectivity index (χ1v) is 10.8. The summed E-state index contributed by atoms with van der Waals surface area (Å²) in [4.78, 5) is 12.0. The maximum atomic E-state index is 12.9. The van der Waals surface area contributed by atoms with Gasteiger partial charge in [-0.25, -0.2) is 4.39 Å². The Morgan fingerprint density at radius 1 is 1.15 bits per heavy atom. The molecule has 0 atom stereocenters. The second-order valence-electron chi connectivity index (χ2n) is 6.00. The van der Waals surface area contributed by atoms with Gasteiger partial charge in [0.25, 0.3) is 5.91 Å². The summed E-state index contributed by atoms with van der Waals surface area (Å²) in [6.45, 7) is 0.395. The number of thioether (sulfide) groups is 2. The zero-order chi connectivity index (χ0) is 19.1. The summed E-state index contributed by atoms with van der Waals surface area (Å²) in [6.07, 6.45) is 0.640. The van der Waals surface area contributed by atoms with Crippen LogP contribution in [0.25, 0.3) is 0 Å². The fraction of sp³-hybridized carbons (Fsp3) is 0.350. The van der Waals surface area contributed by atoms with Crippen LogP contribution in [-0.4, -0.2) is 37.7 Å². The maximum Gasteiger partial charge on any atom is 0.257 e. The highest BCUT2D eigenvalue weighted by Gasteiger charge is 2.20. The van der Waals surface area contributed by atoms with Gasteiger partial charge in [-0.1, -0.05) is 18.2 Å². The molecule has 0 aromatic heterocycles. The summed E-state index contributed by atoms with van der Waals surface area (Å²) in [6, 6.07) is 12.1. The van der Waals surface area contributed by atoms with Gasteiger partial charge in [0.2, 0.25) is 0 Å². The van der Waals surface area contributed by atoms with Crippen LogP contribution in [0.3, 0.4) is 0 Å². The van der Waals surface area contributed by atoms with Gasteiger partial charge in [0.1, 0.15) is 5.82 Å². The molecule has 0 saturated carbocycles. The number of hydrogen-bond acceptors (Lipinski definition) is 5. The maximum absolute atomic E-state index is 12.9. The molecule has 1 heterocycles. The fourth-order valence-corrected chi connectivity index (χ4v) is 5.53. The van der Waals surface area contributed by atoms with Gasteiger partial charge in [-0.15, -0.1) is 23.5 Å². The third-order valence-electron chi connectivity index (χ3n) is 4.09. The number of benzene rings is 2. The minimum Gasteiger partial charge on any atom is -0.493 e. The van der Waals surface area contributed by atoms with Crippen LogP contribution in [0.1, 0.15) is 15.7 Å².